The Morgan fingerprint density at radius 1 is 1.12 bits per heavy atom. The highest BCUT2D eigenvalue weighted by Gasteiger charge is 2.10. The lowest BCUT2D eigenvalue weighted by molar-refractivity contribution is 0.303. The average molecular weight is 532 g/mol. The zero-order valence-electron chi connectivity index (χ0n) is 17.1. The van der Waals surface area contributed by atoms with Crippen LogP contribution in [-0.2, 0) is 6.61 Å². The summed E-state index contributed by atoms with van der Waals surface area (Å²) in [6.07, 6.45) is 1.78. The van der Waals surface area contributed by atoms with Gasteiger partial charge in [-0.15, -0.1) is 0 Å². The lowest BCUT2D eigenvalue weighted by Gasteiger charge is -2.10. The van der Waals surface area contributed by atoms with Gasteiger partial charge in [-0.3, -0.25) is 0 Å². The van der Waals surface area contributed by atoms with E-state index in [-0.39, 0.29) is 0 Å². The number of nitriles is 2. The van der Waals surface area contributed by atoms with E-state index in [1.54, 1.807) is 19.3 Å². The number of aromatic amines is 1. The van der Waals surface area contributed by atoms with Crippen molar-refractivity contribution in [3.05, 3.63) is 86.7 Å². The van der Waals surface area contributed by atoms with Crippen molar-refractivity contribution in [3.8, 4) is 23.6 Å². The van der Waals surface area contributed by atoms with Crippen LogP contribution in [-0.4, -0.2) is 17.1 Å². The van der Waals surface area contributed by atoms with Gasteiger partial charge in [-0.1, -0.05) is 24.3 Å². The number of imidazole rings is 1. The zero-order valence-corrected chi connectivity index (χ0v) is 19.3. The van der Waals surface area contributed by atoms with Crippen molar-refractivity contribution < 1.29 is 9.47 Å². The highest BCUT2D eigenvalue weighted by Crippen LogP contribution is 2.27. The number of allylic oxidation sites excluding steroid dienone is 1. The SMILES string of the molecule is COc1ccc2nc(/C(C#N)=C\c3ccc(OCc4ccccc4C#N)c(I)c3)[nH]c2c1. The molecule has 1 aromatic heterocycles. The summed E-state index contributed by atoms with van der Waals surface area (Å²) in [5.41, 5.74) is 4.28. The second-order valence-corrected chi connectivity index (χ2v) is 8.05. The number of fused-ring (bicyclic) bond motifs is 1. The molecule has 32 heavy (non-hydrogen) atoms. The van der Waals surface area contributed by atoms with E-state index in [4.69, 9.17) is 9.47 Å². The number of nitrogens with zero attached hydrogens (tertiary/aromatic N) is 3. The molecule has 0 amide bonds. The minimum atomic E-state index is 0.306. The molecule has 4 rings (SSSR count). The molecule has 156 valence electrons. The molecule has 0 aliphatic rings. The summed E-state index contributed by atoms with van der Waals surface area (Å²) >= 11 is 2.20. The number of nitrogens with one attached hydrogen (secondary N) is 1. The Bertz CT molecular complexity index is 1410. The molecule has 0 spiro atoms. The number of rotatable bonds is 6. The monoisotopic (exact) mass is 532 g/mol. The fraction of sp³-hybridized carbons (Fsp3) is 0.0800. The van der Waals surface area contributed by atoms with Gasteiger partial charge in [0.25, 0.3) is 0 Å². The zero-order chi connectivity index (χ0) is 22.5. The predicted octanol–water partition coefficient (Wildman–Crippen LogP) is 5.69. The molecule has 3 aromatic carbocycles. The molecular formula is C25H17IN4O2. The van der Waals surface area contributed by atoms with Crippen molar-refractivity contribution >= 4 is 45.3 Å². The lowest BCUT2D eigenvalue weighted by atomic mass is 10.1. The maximum absolute atomic E-state index is 9.69. The smallest absolute Gasteiger partial charge is 0.149 e. The summed E-state index contributed by atoms with van der Waals surface area (Å²) in [6.45, 7) is 0.306. The Morgan fingerprint density at radius 2 is 1.97 bits per heavy atom. The second-order valence-electron chi connectivity index (χ2n) is 6.89. The summed E-state index contributed by atoms with van der Waals surface area (Å²) in [5.74, 6) is 1.93. The van der Waals surface area contributed by atoms with Crippen molar-refractivity contribution in [1.29, 1.82) is 10.5 Å². The van der Waals surface area contributed by atoms with Crippen LogP contribution >= 0.6 is 22.6 Å². The van der Waals surface area contributed by atoms with Gasteiger partial charge in [0, 0.05) is 11.6 Å². The molecule has 0 radical (unpaired) electrons. The number of methoxy groups -OCH3 is 1. The summed E-state index contributed by atoms with van der Waals surface area (Å²) < 4.78 is 12.1. The maximum atomic E-state index is 9.69. The molecule has 1 heterocycles. The molecule has 7 heteroatoms. The highest BCUT2D eigenvalue weighted by molar-refractivity contribution is 14.1. The van der Waals surface area contributed by atoms with Gasteiger partial charge in [-0.25, -0.2) is 4.98 Å². The van der Waals surface area contributed by atoms with Gasteiger partial charge < -0.3 is 14.5 Å². The van der Waals surface area contributed by atoms with Crippen molar-refractivity contribution in [3.63, 3.8) is 0 Å². The van der Waals surface area contributed by atoms with E-state index in [2.05, 4.69) is 44.7 Å². The first kappa shape index (κ1) is 21.4. The topological polar surface area (TPSA) is 94.7 Å². The molecule has 0 aliphatic heterocycles. The minimum Gasteiger partial charge on any atom is -0.497 e. The van der Waals surface area contributed by atoms with Crippen LogP contribution in [0, 0.1) is 26.2 Å². The van der Waals surface area contributed by atoms with Crippen molar-refractivity contribution in [2.75, 3.05) is 7.11 Å². The van der Waals surface area contributed by atoms with E-state index in [1.165, 1.54) is 0 Å². The molecule has 0 saturated carbocycles. The van der Waals surface area contributed by atoms with Crippen LogP contribution in [0.25, 0.3) is 22.7 Å². The summed E-state index contributed by atoms with van der Waals surface area (Å²) in [7, 11) is 1.61. The van der Waals surface area contributed by atoms with Crippen LogP contribution in [0.5, 0.6) is 11.5 Å². The van der Waals surface area contributed by atoms with E-state index in [0.717, 1.165) is 31.5 Å². The highest BCUT2D eigenvalue weighted by atomic mass is 127. The van der Waals surface area contributed by atoms with Crippen LogP contribution in [0.15, 0.2) is 60.7 Å². The summed E-state index contributed by atoms with van der Waals surface area (Å²) in [5, 5.41) is 18.9. The van der Waals surface area contributed by atoms with Crippen LogP contribution in [0.2, 0.25) is 0 Å². The largest absolute Gasteiger partial charge is 0.497 e. The number of H-pyrrole nitrogens is 1. The molecule has 6 nitrogen and oxygen atoms in total. The minimum absolute atomic E-state index is 0.306. The molecule has 4 aromatic rings. The van der Waals surface area contributed by atoms with Gasteiger partial charge in [-0.2, -0.15) is 10.5 Å². The lowest BCUT2D eigenvalue weighted by Crippen LogP contribution is -1.99. The van der Waals surface area contributed by atoms with E-state index >= 15 is 0 Å². The fourth-order valence-corrected chi connectivity index (χ4v) is 3.89. The molecule has 0 aliphatic carbocycles. The van der Waals surface area contributed by atoms with Gasteiger partial charge in [0.1, 0.15) is 30.0 Å². The van der Waals surface area contributed by atoms with E-state index < -0.39 is 0 Å². The Morgan fingerprint density at radius 3 is 2.72 bits per heavy atom. The second kappa shape index (κ2) is 9.54. The van der Waals surface area contributed by atoms with Crippen molar-refractivity contribution in [2.24, 2.45) is 0 Å². The molecule has 0 bridgehead atoms. The molecule has 1 N–H and O–H groups in total. The first-order valence-electron chi connectivity index (χ1n) is 9.67. The Labute approximate surface area is 198 Å². The fourth-order valence-electron chi connectivity index (χ4n) is 3.20. The quantitative estimate of drug-likeness (QED) is 0.254. The number of hydrogen-bond donors (Lipinski definition) is 1. The van der Waals surface area contributed by atoms with Crippen LogP contribution < -0.4 is 9.47 Å². The number of benzene rings is 3. The third-order valence-electron chi connectivity index (χ3n) is 4.85. The summed E-state index contributed by atoms with van der Waals surface area (Å²) in [4.78, 5) is 7.70. The summed E-state index contributed by atoms with van der Waals surface area (Å²) in [6, 6.07) is 23.0. The van der Waals surface area contributed by atoms with Gasteiger partial charge in [0.2, 0.25) is 0 Å². The van der Waals surface area contributed by atoms with Gasteiger partial charge in [-0.05, 0) is 64.6 Å². The first-order chi connectivity index (χ1) is 15.6. The number of hydrogen-bond acceptors (Lipinski definition) is 5. The van der Waals surface area contributed by atoms with Crippen LogP contribution in [0.1, 0.15) is 22.5 Å². The molecule has 0 fully saturated rings. The normalized spacial score (nSPS) is 11.1. The standard InChI is InChI=1S/C25H17IN4O2/c1-31-20-7-8-22-23(12-20)30-25(29-22)19(14-28)10-16-6-9-24(21(26)11-16)32-15-18-5-3-2-4-17(18)13-27/h2-12H,15H2,1H3,(H,29,30)/b19-10-. The van der Waals surface area contributed by atoms with Gasteiger partial charge in [0.15, 0.2) is 0 Å². The Kier molecular flexibility index (Phi) is 6.39. The number of halogens is 1. The Balaban J connectivity index is 1.56. The third kappa shape index (κ3) is 4.58. The maximum Gasteiger partial charge on any atom is 0.149 e. The van der Waals surface area contributed by atoms with Crippen LogP contribution in [0.4, 0.5) is 0 Å². The molecule has 0 unspecified atom stereocenters. The first-order valence-corrected chi connectivity index (χ1v) is 10.8. The van der Waals surface area contributed by atoms with E-state index in [1.807, 2.05) is 54.6 Å². The average Bonchev–Trinajstić information content (AvgIpc) is 3.25. The third-order valence-corrected chi connectivity index (χ3v) is 5.70. The number of ether oxygens (including phenoxy) is 2. The van der Waals surface area contributed by atoms with Crippen molar-refractivity contribution in [1.82, 2.24) is 9.97 Å². The van der Waals surface area contributed by atoms with Gasteiger partial charge >= 0.3 is 0 Å². The van der Waals surface area contributed by atoms with E-state index in [9.17, 15) is 10.5 Å². The Hall–Kier alpha value is -3.82. The van der Waals surface area contributed by atoms with E-state index in [0.29, 0.717) is 29.3 Å². The number of aromatic nitrogens is 2. The van der Waals surface area contributed by atoms with Crippen LogP contribution in [0.3, 0.4) is 0 Å². The van der Waals surface area contributed by atoms with Gasteiger partial charge in [0.05, 0.1) is 38.9 Å². The predicted molar refractivity (Wildman–Crippen MR) is 131 cm³/mol. The molecule has 0 atom stereocenters. The van der Waals surface area contributed by atoms with Crippen molar-refractivity contribution in [2.45, 2.75) is 6.61 Å². The molecule has 0 saturated heterocycles. The molecular weight excluding hydrogens is 515 g/mol.